The second-order valence-electron chi connectivity index (χ2n) is 6.73. The molecule has 7 heteroatoms. The molecule has 1 aromatic carbocycles. The maximum Gasteiger partial charge on any atom is 0.244 e. The first-order valence-electron chi connectivity index (χ1n) is 8.15. The molecule has 0 radical (unpaired) electrons. The molecule has 1 aromatic rings. The molecule has 0 saturated heterocycles. The topological polar surface area (TPSA) is 81.4 Å². The maximum absolute atomic E-state index is 13.0. The number of hydrogen-bond donors (Lipinski definition) is 2. The van der Waals surface area contributed by atoms with Crippen LogP contribution in [0.25, 0.3) is 0 Å². The van der Waals surface area contributed by atoms with Gasteiger partial charge in [-0.1, -0.05) is 25.8 Å². The standard InChI is InChI=1S/C17H28N2O3S.ClH/c1-12-9-13(2)16(22-4)15(10-12)23(20,21)19-17(11-18)8-6-5-7-14(17)3;/h9-10,14,19H,5-8,11,18H2,1-4H3;1H. The summed E-state index contributed by atoms with van der Waals surface area (Å²) in [5.41, 5.74) is 7.12. The SMILES string of the molecule is COc1c(C)cc(C)cc1S(=O)(=O)NC1(CN)CCCCC1C.Cl. The van der Waals surface area contributed by atoms with E-state index in [4.69, 9.17) is 10.5 Å². The number of rotatable bonds is 5. The molecule has 138 valence electrons. The van der Waals surface area contributed by atoms with E-state index < -0.39 is 15.6 Å². The smallest absolute Gasteiger partial charge is 0.244 e. The highest BCUT2D eigenvalue weighted by Crippen LogP contribution is 2.36. The minimum absolute atomic E-state index is 0. The van der Waals surface area contributed by atoms with Crippen molar-refractivity contribution in [2.45, 2.75) is 56.9 Å². The number of benzene rings is 1. The van der Waals surface area contributed by atoms with Crippen molar-refractivity contribution in [2.75, 3.05) is 13.7 Å². The fraction of sp³-hybridized carbons (Fsp3) is 0.647. The van der Waals surface area contributed by atoms with Crippen LogP contribution in [0.4, 0.5) is 0 Å². The van der Waals surface area contributed by atoms with E-state index in [1.54, 1.807) is 6.07 Å². The third-order valence-corrected chi connectivity index (χ3v) is 6.59. The van der Waals surface area contributed by atoms with Crippen LogP contribution in [-0.2, 0) is 10.0 Å². The summed E-state index contributed by atoms with van der Waals surface area (Å²) in [6, 6.07) is 3.58. The highest BCUT2D eigenvalue weighted by molar-refractivity contribution is 7.89. The summed E-state index contributed by atoms with van der Waals surface area (Å²) < 4.78 is 34.4. The zero-order valence-corrected chi connectivity index (χ0v) is 16.5. The first kappa shape index (κ1) is 21.2. The second-order valence-corrected chi connectivity index (χ2v) is 8.38. The highest BCUT2D eigenvalue weighted by atomic mass is 35.5. The van der Waals surface area contributed by atoms with Crippen LogP contribution in [-0.4, -0.2) is 27.6 Å². The van der Waals surface area contributed by atoms with E-state index in [0.29, 0.717) is 12.3 Å². The van der Waals surface area contributed by atoms with Crippen molar-refractivity contribution in [3.05, 3.63) is 23.3 Å². The monoisotopic (exact) mass is 376 g/mol. The summed E-state index contributed by atoms with van der Waals surface area (Å²) in [4.78, 5) is 0.197. The Morgan fingerprint density at radius 1 is 1.33 bits per heavy atom. The molecule has 2 unspecified atom stereocenters. The Bertz CT molecular complexity index is 679. The molecule has 1 saturated carbocycles. The molecule has 1 fully saturated rings. The molecule has 1 aliphatic carbocycles. The predicted molar refractivity (Wildman–Crippen MR) is 99.5 cm³/mol. The minimum atomic E-state index is -3.71. The van der Waals surface area contributed by atoms with Gasteiger partial charge in [-0.25, -0.2) is 13.1 Å². The number of halogens is 1. The van der Waals surface area contributed by atoms with Gasteiger partial charge in [-0.05, 0) is 49.8 Å². The van der Waals surface area contributed by atoms with Gasteiger partial charge >= 0.3 is 0 Å². The van der Waals surface area contributed by atoms with Crippen LogP contribution in [0.1, 0.15) is 43.7 Å². The van der Waals surface area contributed by atoms with Crippen molar-refractivity contribution < 1.29 is 13.2 Å². The molecular formula is C17H29ClN2O3S. The molecule has 0 spiro atoms. The van der Waals surface area contributed by atoms with E-state index in [-0.39, 0.29) is 23.2 Å². The van der Waals surface area contributed by atoms with Gasteiger partial charge in [-0.15, -0.1) is 12.4 Å². The lowest BCUT2D eigenvalue weighted by atomic mass is 9.74. The third-order valence-electron chi connectivity index (χ3n) is 5.03. The number of ether oxygens (including phenoxy) is 1. The van der Waals surface area contributed by atoms with E-state index in [1.807, 2.05) is 19.9 Å². The van der Waals surface area contributed by atoms with Gasteiger partial charge in [0, 0.05) is 12.1 Å². The lowest BCUT2D eigenvalue weighted by Gasteiger charge is -2.42. The highest BCUT2D eigenvalue weighted by Gasteiger charge is 2.41. The van der Waals surface area contributed by atoms with Gasteiger partial charge in [-0.3, -0.25) is 0 Å². The first-order valence-corrected chi connectivity index (χ1v) is 9.63. The van der Waals surface area contributed by atoms with Crippen molar-refractivity contribution in [1.29, 1.82) is 0 Å². The van der Waals surface area contributed by atoms with Gasteiger partial charge in [0.25, 0.3) is 0 Å². The molecule has 0 amide bonds. The zero-order chi connectivity index (χ0) is 17.3. The Labute approximate surface area is 151 Å². The van der Waals surface area contributed by atoms with Crippen LogP contribution in [0.3, 0.4) is 0 Å². The van der Waals surface area contributed by atoms with Crippen molar-refractivity contribution >= 4 is 22.4 Å². The molecule has 24 heavy (non-hydrogen) atoms. The van der Waals surface area contributed by atoms with Crippen LogP contribution in [0, 0.1) is 19.8 Å². The van der Waals surface area contributed by atoms with Gasteiger partial charge in [0.15, 0.2) is 0 Å². The fourth-order valence-corrected chi connectivity index (χ4v) is 5.47. The Hall–Kier alpha value is -0.820. The van der Waals surface area contributed by atoms with E-state index in [0.717, 1.165) is 36.8 Å². The molecule has 0 heterocycles. The summed E-state index contributed by atoms with van der Waals surface area (Å²) >= 11 is 0. The van der Waals surface area contributed by atoms with Crippen LogP contribution in [0.5, 0.6) is 5.75 Å². The predicted octanol–water partition coefficient (Wildman–Crippen LogP) is 2.92. The Kier molecular flexibility index (Phi) is 7.11. The average molecular weight is 377 g/mol. The second kappa shape index (κ2) is 8.04. The number of hydrogen-bond acceptors (Lipinski definition) is 4. The van der Waals surface area contributed by atoms with Gasteiger partial charge in [0.1, 0.15) is 10.6 Å². The summed E-state index contributed by atoms with van der Waals surface area (Å²) in [6.07, 6.45) is 3.88. The largest absolute Gasteiger partial charge is 0.495 e. The van der Waals surface area contributed by atoms with Crippen LogP contribution >= 0.6 is 12.4 Å². The van der Waals surface area contributed by atoms with Crippen LogP contribution in [0.2, 0.25) is 0 Å². The van der Waals surface area contributed by atoms with Crippen LogP contribution in [0.15, 0.2) is 17.0 Å². The number of nitrogens with two attached hydrogens (primary N) is 1. The summed E-state index contributed by atoms with van der Waals surface area (Å²) in [5, 5.41) is 0. The fourth-order valence-electron chi connectivity index (χ4n) is 3.61. The Balaban J connectivity index is 0.00000288. The van der Waals surface area contributed by atoms with E-state index in [9.17, 15) is 8.42 Å². The lowest BCUT2D eigenvalue weighted by Crippen LogP contribution is -2.58. The van der Waals surface area contributed by atoms with Gasteiger partial charge in [0.05, 0.1) is 7.11 Å². The van der Waals surface area contributed by atoms with E-state index >= 15 is 0 Å². The molecule has 5 nitrogen and oxygen atoms in total. The zero-order valence-electron chi connectivity index (χ0n) is 14.9. The summed E-state index contributed by atoms with van der Waals surface area (Å²) in [5.74, 6) is 0.617. The van der Waals surface area contributed by atoms with Crippen LogP contribution < -0.4 is 15.2 Å². The Morgan fingerprint density at radius 3 is 2.54 bits per heavy atom. The minimum Gasteiger partial charge on any atom is -0.495 e. The van der Waals surface area contributed by atoms with Crippen molar-refractivity contribution in [1.82, 2.24) is 4.72 Å². The normalized spacial score (nSPS) is 24.3. The van der Waals surface area contributed by atoms with Gasteiger partial charge in [0.2, 0.25) is 10.0 Å². The first-order chi connectivity index (χ1) is 10.8. The Morgan fingerprint density at radius 2 is 2.00 bits per heavy atom. The molecule has 2 atom stereocenters. The van der Waals surface area contributed by atoms with Gasteiger partial charge in [-0.2, -0.15) is 0 Å². The molecule has 0 bridgehead atoms. The summed E-state index contributed by atoms with van der Waals surface area (Å²) in [7, 11) is -2.21. The molecule has 3 N–H and O–H groups in total. The maximum atomic E-state index is 13.0. The quantitative estimate of drug-likeness (QED) is 0.827. The van der Waals surface area contributed by atoms with E-state index in [2.05, 4.69) is 11.6 Å². The van der Waals surface area contributed by atoms with Crippen molar-refractivity contribution in [3.63, 3.8) is 0 Å². The lowest BCUT2D eigenvalue weighted by molar-refractivity contribution is 0.191. The van der Waals surface area contributed by atoms with Gasteiger partial charge < -0.3 is 10.5 Å². The van der Waals surface area contributed by atoms with E-state index in [1.165, 1.54) is 7.11 Å². The number of aryl methyl sites for hydroxylation is 2. The number of nitrogens with one attached hydrogen (secondary N) is 1. The molecule has 0 aromatic heterocycles. The number of sulfonamides is 1. The third kappa shape index (κ3) is 4.04. The van der Waals surface area contributed by atoms with Crippen molar-refractivity contribution in [3.8, 4) is 5.75 Å². The van der Waals surface area contributed by atoms with Crippen molar-refractivity contribution in [2.24, 2.45) is 11.7 Å². The molecule has 2 rings (SSSR count). The molecule has 1 aliphatic rings. The summed E-state index contributed by atoms with van der Waals surface area (Å²) in [6.45, 7) is 6.12. The molecular weight excluding hydrogens is 348 g/mol. The number of methoxy groups -OCH3 is 1. The average Bonchev–Trinajstić information content (AvgIpc) is 2.49. The molecule has 0 aliphatic heterocycles.